The van der Waals surface area contributed by atoms with Crippen LogP contribution in [0.1, 0.15) is 51.6 Å². The normalized spacial score (nSPS) is 18.6. The van der Waals surface area contributed by atoms with Gasteiger partial charge in [-0.1, -0.05) is 33.1 Å². The van der Waals surface area contributed by atoms with E-state index in [1.807, 2.05) is 13.8 Å². The smallest absolute Gasteiger partial charge is 0.290 e. The molecule has 0 aromatic carbocycles. The molecular formula is C17H27N5O2S. The maximum absolute atomic E-state index is 11.5. The summed E-state index contributed by atoms with van der Waals surface area (Å²) >= 11 is 0.891. The lowest BCUT2D eigenvalue weighted by atomic mass is 9.96. The Kier molecular flexibility index (Phi) is 9.79. The van der Waals surface area contributed by atoms with E-state index >= 15 is 0 Å². The van der Waals surface area contributed by atoms with E-state index in [2.05, 4.69) is 26.3 Å². The number of anilines is 1. The zero-order valence-corrected chi connectivity index (χ0v) is 15.9. The second-order valence-electron chi connectivity index (χ2n) is 5.14. The van der Waals surface area contributed by atoms with Crippen molar-refractivity contribution < 1.29 is 9.59 Å². The quantitative estimate of drug-likeness (QED) is 0.706. The second-order valence-corrected chi connectivity index (χ2v) is 6.15. The third-order valence-corrected chi connectivity index (χ3v) is 4.35. The van der Waals surface area contributed by atoms with Crippen LogP contribution in [-0.2, 0) is 4.79 Å². The Bertz CT molecular complexity index is 600. The summed E-state index contributed by atoms with van der Waals surface area (Å²) in [7, 11) is 1.50. The van der Waals surface area contributed by atoms with Gasteiger partial charge in [0.2, 0.25) is 5.95 Å². The molecule has 1 aliphatic carbocycles. The van der Waals surface area contributed by atoms with Gasteiger partial charge < -0.3 is 11.1 Å². The molecule has 2 amide bonds. The molecule has 1 aliphatic heterocycles. The Morgan fingerprint density at radius 2 is 1.92 bits per heavy atom. The molecule has 138 valence electrons. The third-order valence-electron chi connectivity index (χ3n) is 3.54. The molecule has 8 heteroatoms. The number of imide groups is 1. The van der Waals surface area contributed by atoms with Crippen molar-refractivity contribution in [3.8, 4) is 0 Å². The van der Waals surface area contributed by atoms with Gasteiger partial charge in [0.15, 0.2) is 0 Å². The van der Waals surface area contributed by atoms with Crippen LogP contribution in [0.3, 0.4) is 0 Å². The highest BCUT2D eigenvalue weighted by Crippen LogP contribution is 2.25. The van der Waals surface area contributed by atoms with Crippen LogP contribution in [0.15, 0.2) is 17.2 Å². The number of amides is 2. The molecule has 0 atom stereocenters. The molecule has 1 saturated carbocycles. The van der Waals surface area contributed by atoms with E-state index in [9.17, 15) is 9.59 Å². The van der Waals surface area contributed by atoms with Crippen LogP contribution >= 0.6 is 11.8 Å². The number of aromatic nitrogens is 2. The topological polar surface area (TPSA) is 110 Å². The van der Waals surface area contributed by atoms with Crippen molar-refractivity contribution in [2.24, 2.45) is 5.73 Å². The van der Waals surface area contributed by atoms with Crippen molar-refractivity contribution in [1.82, 2.24) is 15.3 Å². The lowest BCUT2D eigenvalue weighted by molar-refractivity contribution is -0.115. The SMILES string of the molecule is CC.CN.O=C1NC(=O)/C(=C/c2ccnc(NC3CCCCC3)n2)S1. The number of hydrogen-bond acceptors (Lipinski definition) is 7. The first-order valence-corrected chi connectivity index (χ1v) is 9.44. The van der Waals surface area contributed by atoms with E-state index in [1.54, 1.807) is 18.3 Å². The molecule has 0 bridgehead atoms. The zero-order valence-electron chi connectivity index (χ0n) is 15.0. The largest absolute Gasteiger partial charge is 0.351 e. The van der Waals surface area contributed by atoms with Crippen LogP contribution in [0, 0.1) is 0 Å². The number of thioether (sulfide) groups is 1. The molecular weight excluding hydrogens is 338 g/mol. The number of nitrogens with zero attached hydrogens (tertiary/aromatic N) is 2. The number of nitrogens with two attached hydrogens (primary N) is 1. The average molecular weight is 366 g/mol. The second kappa shape index (κ2) is 11.6. The summed E-state index contributed by atoms with van der Waals surface area (Å²) in [5.74, 6) is 0.205. The van der Waals surface area contributed by atoms with Crippen molar-refractivity contribution in [3.05, 3.63) is 22.9 Å². The monoisotopic (exact) mass is 365 g/mol. The van der Waals surface area contributed by atoms with Gasteiger partial charge >= 0.3 is 0 Å². The molecule has 0 unspecified atom stereocenters. The fourth-order valence-corrected chi connectivity index (χ4v) is 3.17. The van der Waals surface area contributed by atoms with Crippen molar-refractivity contribution in [2.45, 2.75) is 52.0 Å². The molecule has 1 saturated heterocycles. The maximum Gasteiger partial charge on any atom is 0.290 e. The molecule has 2 aliphatic rings. The van der Waals surface area contributed by atoms with Crippen LogP contribution < -0.4 is 16.4 Å². The van der Waals surface area contributed by atoms with Gasteiger partial charge in [0.25, 0.3) is 11.1 Å². The highest BCUT2D eigenvalue weighted by Gasteiger charge is 2.25. The Morgan fingerprint density at radius 3 is 2.52 bits per heavy atom. The predicted molar refractivity (Wildman–Crippen MR) is 103 cm³/mol. The summed E-state index contributed by atoms with van der Waals surface area (Å²) in [4.78, 5) is 31.6. The van der Waals surface area contributed by atoms with E-state index in [-0.39, 0.29) is 11.1 Å². The van der Waals surface area contributed by atoms with Crippen molar-refractivity contribution in [3.63, 3.8) is 0 Å². The summed E-state index contributed by atoms with van der Waals surface area (Å²) < 4.78 is 0. The van der Waals surface area contributed by atoms with Crippen molar-refractivity contribution in [2.75, 3.05) is 12.4 Å². The van der Waals surface area contributed by atoms with Crippen molar-refractivity contribution >= 4 is 34.9 Å². The summed E-state index contributed by atoms with van der Waals surface area (Å²) in [6, 6.07) is 2.14. The maximum atomic E-state index is 11.5. The highest BCUT2D eigenvalue weighted by atomic mass is 32.2. The van der Waals surface area contributed by atoms with Crippen LogP contribution in [0.25, 0.3) is 6.08 Å². The standard InChI is InChI=1S/C14H16N4O2S.C2H6.CH5N/c19-12-11(21-14(20)18-12)8-10-6-7-15-13(17-10)16-9-4-2-1-3-5-9;2*1-2/h6-9H,1-5H2,(H,15,16,17)(H,18,19,20);1-2H3;2H2,1H3/b11-8-;;. The predicted octanol–water partition coefficient (Wildman–Crippen LogP) is 3.15. The number of rotatable bonds is 3. The van der Waals surface area contributed by atoms with E-state index in [0.717, 1.165) is 24.6 Å². The summed E-state index contributed by atoms with van der Waals surface area (Å²) in [5, 5.41) is 5.22. The lowest BCUT2D eigenvalue weighted by Crippen LogP contribution is -2.23. The first-order valence-electron chi connectivity index (χ1n) is 8.63. The lowest BCUT2D eigenvalue weighted by Gasteiger charge is -2.22. The Labute approximate surface area is 153 Å². The van der Waals surface area contributed by atoms with Crippen molar-refractivity contribution in [1.29, 1.82) is 0 Å². The molecule has 1 aromatic rings. The minimum atomic E-state index is -0.370. The molecule has 2 fully saturated rings. The summed E-state index contributed by atoms with van der Waals surface area (Å²) in [5.41, 5.74) is 5.12. The Morgan fingerprint density at radius 1 is 1.24 bits per heavy atom. The van der Waals surface area contributed by atoms with Gasteiger partial charge in [0.1, 0.15) is 0 Å². The molecule has 0 radical (unpaired) electrons. The van der Waals surface area contributed by atoms with Gasteiger partial charge in [-0.3, -0.25) is 14.9 Å². The fraction of sp³-hybridized carbons (Fsp3) is 0.529. The molecule has 7 nitrogen and oxygen atoms in total. The van der Waals surface area contributed by atoms with Gasteiger partial charge in [-0.05, 0) is 43.8 Å². The van der Waals surface area contributed by atoms with E-state index < -0.39 is 0 Å². The highest BCUT2D eigenvalue weighted by molar-refractivity contribution is 8.18. The number of hydrogen-bond donors (Lipinski definition) is 3. The molecule has 3 rings (SSSR count). The third kappa shape index (κ3) is 6.83. The molecule has 25 heavy (non-hydrogen) atoms. The van der Waals surface area contributed by atoms with E-state index in [4.69, 9.17) is 0 Å². The fourth-order valence-electron chi connectivity index (χ4n) is 2.51. The first kappa shape index (κ1) is 21.1. The Hall–Kier alpha value is -1.93. The molecule has 4 N–H and O–H groups in total. The van der Waals surface area contributed by atoms with E-state index in [0.29, 0.717) is 22.6 Å². The summed E-state index contributed by atoms with van der Waals surface area (Å²) in [6.45, 7) is 4.00. The van der Waals surface area contributed by atoms with Gasteiger partial charge in [0, 0.05) is 12.2 Å². The van der Waals surface area contributed by atoms with Gasteiger partial charge in [0.05, 0.1) is 10.6 Å². The van der Waals surface area contributed by atoms with Crippen LogP contribution in [0.4, 0.5) is 10.7 Å². The number of carbonyl (C=O) groups excluding carboxylic acids is 2. The Balaban J connectivity index is 0.000000730. The van der Waals surface area contributed by atoms with Gasteiger partial charge in [-0.25, -0.2) is 9.97 Å². The number of carbonyl (C=O) groups is 2. The van der Waals surface area contributed by atoms with Crippen LogP contribution in [-0.4, -0.2) is 34.2 Å². The van der Waals surface area contributed by atoms with Gasteiger partial charge in [-0.15, -0.1) is 0 Å². The minimum absolute atomic E-state index is 0.346. The van der Waals surface area contributed by atoms with Gasteiger partial charge in [-0.2, -0.15) is 0 Å². The zero-order chi connectivity index (χ0) is 18.7. The van der Waals surface area contributed by atoms with Crippen LogP contribution in [0.5, 0.6) is 0 Å². The molecule has 1 aromatic heterocycles. The molecule has 2 heterocycles. The molecule has 0 spiro atoms. The summed E-state index contributed by atoms with van der Waals surface area (Å²) in [6.07, 6.45) is 9.32. The average Bonchev–Trinajstić information content (AvgIpc) is 2.97. The number of nitrogens with one attached hydrogen (secondary N) is 2. The van der Waals surface area contributed by atoms with E-state index in [1.165, 1.54) is 26.3 Å². The first-order chi connectivity index (χ1) is 12.2. The van der Waals surface area contributed by atoms with Crippen LogP contribution in [0.2, 0.25) is 0 Å². The minimum Gasteiger partial charge on any atom is -0.351 e.